The lowest BCUT2D eigenvalue weighted by Gasteiger charge is -2.13. The van der Waals surface area contributed by atoms with Gasteiger partial charge in [0.1, 0.15) is 5.75 Å². The van der Waals surface area contributed by atoms with Gasteiger partial charge in [-0.05, 0) is 68.1 Å². The Labute approximate surface area is 208 Å². The van der Waals surface area contributed by atoms with Crippen LogP contribution in [0.1, 0.15) is 42.5 Å². The average molecular weight is 491 g/mol. The first kappa shape index (κ1) is 23.3. The Hall–Kier alpha value is -3.42. The fourth-order valence-electron chi connectivity index (χ4n) is 4.68. The van der Waals surface area contributed by atoms with Gasteiger partial charge in [-0.3, -0.25) is 9.20 Å². The van der Waals surface area contributed by atoms with Crippen LogP contribution in [0.5, 0.6) is 5.75 Å². The van der Waals surface area contributed by atoms with E-state index in [0.717, 1.165) is 42.6 Å². The Bertz CT molecular complexity index is 1350. The van der Waals surface area contributed by atoms with Gasteiger partial charge >= 0.3 is 0 Å². The zero-order valence-corrected chi connectivity index (χ0v) is 20.2. The van der Waals surface area contributed by atoms with E-state index in [9.17, 15) is 9.90 Å². The molecule has 4 aromatic rings. The summed E-state index contributed by atoms with van der Waals surface area (Å²) in [6.07, 6.45) is 9.02. The summed E-state index contributed by atoms with van der Waals surface area (Å²) in [5.41, 5.74) is 3.98. The molecule has 0 saturated heterocycles. The van der Waals surface area contributed by atoms with Gasteiger partial charge in [-0.15, -0.1) is 0 Å². The van der Waals surface area contributed by atoms with Crippen molar-refractivity contribution in [2.45, 2.75) is 38.2 Å². The number of anilines is 2. The highest BCUT2D eigenvalue weighted by Crippen LogP contribution is 2.32. The van der Waals surface area contributed by atoms with Crippen LogP contribution in [0.3, 0.4) is 0 Å². The van der Waals surface area contributed by atoms with Gasteiger partial charge in [0.05, 0.1) is 30.1 Å². The molecule has 1 aliphatic rings. The van der Waals surface area contributed by atoms with E-state index in [1.807, 2.05) is 53.1 Å². The molecule has 7 nitrogen and oxygen atoms in total. The molecule has 5 rings (SSSR count). The average Bonchev–Trinajstić information content (AvgIpc) is 3.19. The van der Waals surface area contributed by atoms with Crippen LogP contribution in [0.15, 0.2) is 61.1 Å². The highest BCUT2D eigenvalue weighted by molar-refractivity contribution is 6.32. The highest BCUT2D eigenvalue weighted by Gasteiger charge is 2.24. The number of ketones is 1. The first-order valence-electron chi connectivity index (χ1n) is 11.8. The molecule has 2 aromatic heterocycles. The van der Waals surface area contributed by atoms with Crippen LogP contribution in [-0.4, -0.2) is 38.5 Å². The molecule has 0 amide bonds. The van der Waals surface area contributed by atoms with Crippen molar-refractivity contribution in [1.82, 2.24) is 14.4 Å². The number of hydrogen-bond donors (Lipinski definition) is 2. The number of carbonyl (C=O) groups is 1. The van der Waals surface area contributed by atoms with E-state index >= 15 is 0 Å². The van der Waals surface area contributed by atoms with E-state index in [1.165, 1.54) is 0 Å². The minimum atomic E-state index is -0.278. The number of methoxy groups -OCH3 is 1. The van der Waals surface area contributed by atoms with Crippen molar-refractivity contribution in [1.29, 1.82) is 0 Å². The number of carbonyl (C=O) groups excluding carboxylic acids is 1. The van der Waals surface area contributed by atoms with Crippen LogP contribution in [0.25, 0.3) is 16.9 Å². The number of imidazole rings is 1. The maximum atomic E-state index is 13.0. The predicted molar refractivity (Wildman–Crippen MR) is 137 cm³/mol. The molecule has 0 spiro atoms. The molecule has 1 saturated carbocycles. The largest absolute Gasteiger partial charge is 0.495 e. The van der Waals surface area contributed by atoms with Crippen LogP contribution in [0.4, 0.5) is 11.5 Å². The first-order chi connectivity index (χ1) is 17.0. The Morgan fingerprint density at radius 1 is 1.11 bits per heavy atom. The molecule has 0 aliphatic heterocycles. The third-order valence-electron chi connectivity index (χ3n) is 6.62. The molecule has 2 atom stereocenters. The van der Waals surface area contributed by atoms with Crippen molar-refractivity contribution in [2.24, 2.45) is 5.92 Å². The number of nitrogens with zero attached hydrogens (tertiary/aromatic N) is 3. The second-order valence-corrected chi connectivity index (χ2v) is 9.30. The number of nitrogens with one attached hydrogen (secondary N) is 1. The quantitative estimate of drug-likeness (QED) is 0.257. The fraction of sp³-hybridized carbons (Fsp3) is 0.296. The maximum Gasteiger partial charge on any atom is 0.180 e. The van der Waals surface area contributed by atoms with Gasteiger partial charge in [-0.25, -0.2) is 9.97 Å². The molecule has 180 valence electrons. The molecule has 1 unspecified atom stereocenters. The van der Waals surface area contributed by atoms with Gasteiger partial charge < -0.3 is 15.2 Å². The van der Waals surface area contributed by atoms with E-state index in [4.69, 9.17) is 16.3 Å². The van der Waals surface area contributed by atoms with E-state index < -0.39 is 0 Å². The third-order valence-corrected chi connectivity index (χ3v) is 6.91. The summed E-state index contributed by atoms with van der Waals surface area (Å²) >= 11 is 6.32. The van der Waals surface area contributed by atoms with Gasteiger partial charge in [-0.2, -0.15) is 0 Å². The smallest absolute Gasteiger partial charge is 0.180 e. The maximum absolute atomic E-state index is 13.0. The molecule has 35 heavy (non-hydrogen) atoms. The number of aliphatic hydroxyl groups excluding tert-OH is 1. The van der Waals surface area contributed by atoms with Gasteiger partial charge in [0.2, 0.25) is 0 Å². The monoisotopic (exact) mass is 490 g/mol. The second kappa shape index (κ2) is 10.1. The van der Waals surface area contributed by atoms with Crippen molar-refractivity contribution < 1.29 is 14.6 Å². The van der Waals surface area contributed by atoms with Gasteiger partial charge in [0.15, 0.2) is 17.2 Å². The number of ether oxygens (including phenoxy) is 1. The number of rotatable bonds is 6. The number of aliphatic hydroxyl groups is 1. The summed E-state index contributed by atoms with van der Waals surface area (Å²) in [5, 5.41) is 13.7. The third kappa shape index (κ3) is 4.88. The molecular weight excluding hydrogens is 464 g/mol. The van der Waals surface area contributed by atoms with Crippen LogP contribution in [0.2, 0.25) is 5.02 Å². The van der Waals surface area contributed by atoms with E-state index in [1.54, 1.807) is 19.5 Å². The zero-order chi connectivity index (χ0) is 24.4. The minimum Gasteiger partial charge on any atom is -0.495 e. The van der Waals surface area contributed by atoms with Crippen LogP contribution >= 0.6 is 11.6 Å². The number of hydrogen-bond acceptors (Lipinski definition) is 6. The lowest BCUT2D eigenvalue weighted by Crippen LogP contribution is -2.14. The topological polar surface area (TPSA) is 88.8 Å². The van der Waals surface area contributed by atoms with Crippen molar-refractivity contribution in [2.75, 3.05) is 12.4 Å². The number of aromatic nitrogens is 3. The normalized spacial score (nSPS) is 18.3. The molecule has 0 bridgehead atoms. The number of fused-ring (bicyclic) bond motifs is 1. The molecule has 2 heterocycles. The Morgan fingerprint density at radius 3 is 2.71 bits per heavy atom. The SMILES string of the molecule is COc1ccc(-c2cnc3c(Nc4ccc(C(=O)[C@H]5CCCC(O)CC5)cc4)nccn23)cc1Cl. The zero-order valence-electron chi connectivity index (χ0n) is 19.4. The number of Topliss-reactive ketones (excluding diaryl/α,β-unsaturated/α-hetero) is 1. The van der Waals surface area contributed by atoms with Crippen molar-refractivity contribution >= 4 is 34.5 Å². The van der Waals surface area contributed by atoms with Crippen molar-refractivity contribution in [3.05, 3.63) is 71.6 Å². The van der Waals surface area contributed by atoms with Gasteiger partial charge in [0.25, 0.3) is 0 Å². The van der Waals surface area contributed by atoms with E-state index in [2.05, 4.69) is 15.3 Å². The lowest BCUT2D eigenvalue weighted by molar-refractivity contribution is 0.0903. The van der Waals surface area contributed by atoms with Crippen molar-refractivity contribution in [3.63, 3.8) is 0 Å². The molecule has 0 radical (unpaired) electrons. The summed E-state index contributed by atoms with van der Waals surface area (Å²) in [5.74, 6) is 1.36. The molecule has 8 heteroatoms. The standard InChI is InChI=1S/C27H27ClN4O3/c1-35-24-12-8-19(15-22(24)28)23-16-30-27-26(29-13-14-32(23)27)31-20-9-5-18(6-10-20)25(34)17-3-2-4-21(33)11-7-17/h5-6,8-10,12-17,21,33H,2-4,7,11H2,1H3,(H,29,31)/t17-,21?/m0/s1. The Kier molecular flexibility index (Phi) is 6.70. The van der Waals surface area contributed by atoms with Crippen LogP contribution < -0.4 is 10.1 Å². The van der Waals surface area contributed by atoms with Crippen LogP contribution in [0, 0.1) is 5.92 Å². The first-order valence-corrected chi connectivity index (χ1v) is 12.2. The second-order valence-electron chi connectivity index (χ2n) is 8.89. The lowest BCUT2D eigenvalue weighted by atomic mass is 9.91. The summed E-state index contributed by atoms with van der Waals surface area (Å²) in [6, 6.07) is 13.1. The number of benzene rings is 2. The summed E-state index contributed by atoms with van der Waals surface area (Å²) in [6.45, 7) is 0. The Morgan fingerprint density at radius 2 is 1.94 bits per heavy atom. The Balaban J connectivity index is 1.35. The molecular formula is C27H27ClN4O3. The van der Waals surface area contributed by atoms with Gasteiger partial charge in [-0.1, -0.05) is 18.0 Å². The number of halogens is 1. The van der Waals surface area contributed by atoms with E-state index in [0.29, 0.717) is 34.2 Å². The van der Waals surface area contributed by atoms with Crippen molar-refractivity contribution in [3.8, 4) is 17.0 Å². The molecule has 2 N–H and O–H groups in total. The molecule has 1 fully saturated rings. The van der Waals surface area contributed by atoms with Crippen LogP contribution in [-0.2, 0) is 0 Å². The van der Waals surface area contributed by atoms with Gasteiger partial charge in [0, 0.05) is 35.1 Å². The summed E-state index contributed by atoms with van der Waals surface area (Å²) in [7, 11) is 1.59. The molecule has 2 aromatic carbocycles. The predicted octanol–water partition coefficient (Wildman–Crippen LogP) is 5.93. The van der Waals surface area contributed by atoms with E-state index in [-0.39, 0.29) is 17.8 Å². The fourth-order valence-corrected chi connectivity index (χ4v) is 4.94. The minimum absolute atomic E-state index is 0.0174. The summed E-state index contributed by atoms with van der Waals surface area (Å²) in [4.78, 5) is 22.0. The highest BCUT2D eigenvalue weighted by atomic mass is 35.5. The summed E-state index contributed by atoms with van der Waals surface area (Å²) < 4.78 is 7.20. The molecule has 1 aliphatic carbocycles.